The summed E-state index contributed by atoms with van der Waals surface area (Å²) in [7, 11) is 0. The van der Waals surface area contributed by atoms with E-state index in [0.29, 0.717) is 0 Å². The number of carbonyl (C=O) groups excluding carboxylic acids is 1. The molecule has 0 aromatic rings. The van der Waals surface area contributed by atoms with E-state index in [0.717, 1.165) is 0 Å². The van der Waals surface area contributed by atoms with Gasteiger partial charge in [-0.3, -0.25) is 0 Å². The second kappa shape index (κ2) is 6.64. The van der Waals surface area contributed by atoms with Gasteiger partial charge in [0, 0.05) is 11.6 Å². The summed E-state index contributed by atoms with van der Waals surface area (Å²) in [6.07, 6.45) is 1.03. The van der Waals surface area contributed by atoms with Crippen molar-refractivity contribution in [1.82, 2.24) is 5.32 Å². The topological polar surface area (TPSA) is 75.6 Å². The molecule has 0 saturated carbocycles. The van der Waals surface area contributed by atoms with E-state index in [4.69, 9.17) is 5.11 Å². The fourth-order valence-electron chi connectivity index (χ4n) is 0.885. The highest BCUT2D eigenvalue weighted by Crippen LogP contribution is 2.02. The molecule has 0 aliphatic rings. The van der Waals surface area contributed by atoms with Crippen molar-refractivity contribution in [1.29, 1.82) is 0 Å². The van der Waals surface area contributed by atoms with Gasteiger partial charge in [0.1, 0.15) is 6.61 Å². The van der Waals surface area contributed by atoms with E-state index in [-0.39, 0.29) is 24.6 Å². The summed E-state index contributed by atoms with van der Waals surface area (Å²) in [5.41, 5.74) is 0.0477. The van der Waals surface area contributed by atoms with Gasteiger partial charge in [-0.15, -0.1) is 0 Å². The molecular formula is C10H15NO4. The molecule has 0 aromatic heterocycles. The van der Waals surface area contributed by atoms with Crippen molar-refractivity contribution in [3.8, 4) is 0 Å². The number of aliphatic carboxylic acids is 1. The first-order valence-corrected chi connectivity index (χ1v) is 4.42. The summed E-state index contributed by atoms with van der Waals surface area (Å²) in [5, 5.41) is 11.0. The zero-order chi connectivity index (χ0) is 11.8. The number of carboxylic acids is 1. The van der Waals surface area contributed by atoms with Gasteiger partial charge in [0.15, 0.2) is 0 Å². The first-order chi connectivity index (χ1) is 6.97. The summed E-state index contributed by atoms with van der Waals surface area (Å²) in [6, 6.07) is -0.328. The zero-order valence-electron chi connectivity index (χ0n) is 8.66. The number of hydrogen-bond donors (Lipinski definition) is 2. The van der Waals surface area contributed by atoms with E-state index < -0.39 is 12.1 Å². The molecule has 0 spiro atoms. The Bertz CT molecular complexity index is 273. The third-order valence-corrected chi connectivity index (χ3v) is 1.55. The highest BCUT2D eigenvalue weighted by atomic mass is 16.5. The number of rotatable bonds is 6. The maximum atomic E-state index is 11.0. The Labute approximate surface area is 88.4 Å². The SMILES string of the molecule is C=CCOC(=O)N[C@@H](C)CC(=C)C(=O)O. The highest BCUT2D eigenvalue weighted by Gasteiger charge is 2.12. The summed E-state index contributed by atoms with van der Waals surface area (Å²) in [5.74, 6) is -1.07. The summed E-state index contributed by atoms with van der Waals surface area (Å²) in [6.45, 7) is 8.54. The molecule has 84 valence electrons. The van der Waals surface area contributed by atoms with E-state index in [9.17, 15) is 9.59 Å². The van der Waals surface area contributed by atoms with Crippen molar-refractivity contribution < 1.29 is 19.4 Å². The Kier molecular flexibility index (Phi) is 5.85. The smallest absolute Gasteiger partial charge is 0.407 e. The van der Waals surface area contributed by atoms with Crippen LogP contribution in [0.1, 0.15) is 13.3 Å². The Hall–Kier alpha value is -1.78. The van der Waals surface area contributed by atoms with Gasteiger partial charge in [0.2, 0.25) is 0 Å². The molecule has 0 unspecified atom stereocenters. The van der Waals surface area contributed by atoms with Gasteiger partial charge in [-0.2, -0.15) is 0 Å². The minimum Gasteiger partial charge on any atom is -0.478 e. The highest BCUT2D eigenvalue weighted by molar-refractivity contribution is 5.85. The molecule has 2 N–H and O–H groups in total. The number of alkyl carbamates (subject to hydrolysis) is 1. The van der Waals surface area contributed by atoms with Crippen LogP contribution in [-0.2, 0) is 9.53 Å². The predicted molar refractivity (Wildman–Crippen MR) is 55.5 cm³/mol. The predicted octanol–water partition coefficient (Wildman–Crippen LogP) is 1.32. The lowest BCUT2D eigenvalue weighted by Crippen LogP contribution is -2.33. The molecule has 5 nitrogen and oxygen atoms in total. The van der Waals surface area contributed by atoms with Crippen molar-refractivity contribution >= 4 is 12.1 Å². The average Bonchev–Trinajstić information content (AvgIpc) is 2.14. The maximum absolute atomic E-state index is 11.0. The normalized spacial score (nSPS) is 11.3. The Morgan fingerprint density at radius 1 is 1.60 bits per heavy atom. The van der Waals surface area contributed by atoms with Crippen LogP contribution in [0.4, 0.5) is 4.79 Å². The van der Waals surface area contributed by atoms with Crippen molar-refractivity contribution in [2.75, 3.05) is 6.61 Å². The molecule has 0 fully saturated rings. The third-order valence-electron chi connectivity index (χ3n) is 1.55. The minimum atomic E-state index is -1.07. The quantitative estimate of drug-likeness (QED) is 0.515. The molecule has 0 aromatic carbocycles. The maximum Gasteiger partial charge on any atom is 0.407 e. The Balaban J connectivity index is 3.87. The Morgan fingerprint density at radius 2 is 2.20 bits per heavy atom. The third kappa shape index (κ3) is 6.31. The van der Waals surface area contributed by atoms with Gasteiger partial charge in [-0.05, 0) is 13.3 Å². The van der Waals surface area contributed by atoms with E-state index >= 15 is 0 Å². The summed E-state index contributed by atoms with van der Waals surface area (Å²) >= 11 is 0. The second-order valence-corrected chi connectivity index (χ2v) is 3.05. The van der Waals surface area contributed by atoms with Gasteiger partial charge < -0.3 is 15.2 Å². The van der Waals surface area contributed by atoms with E-state index in [1.807, 2.05) is 0 Å². The van der Waals surface area contributed by atoms with Crippen molar-refractivity contribution in [2.24, 2.45) is 0 Å². The van der Waals surface area contributed by atoms with E-state index in [1.54, 1.807) is 6.92 Å². The van der Waals surface area contributed by atoms with Crippen LogP contribution in [0.25, 0.3) is 0 Å². The molecule has 5 heteroatoms. The van der Waals surface area contributed by atoms with Crippen molar-refractivity contribution in [2.45, 2.75) is 19.4 Å². The standard InChI is InChI=1S/C10H15NO4/c1-4-5-15-10(14)11-8(3)6-7(2)9(12)13/h4,8H,1-2,5-6H2,3H3,(H,11,14)(H,12,13)/t8-/m0/s1. The van der Waals surface area contributed by atoms with Gasteiger partial charge in [-0.25, -0.2) is 9.59 Å². The van der Waals surface area contributed by atoms with Crippen molar-refractivity contribution in [3.63, 3.8) is 0 Å². The fraction of sp³-hybridized carbons (Fsp3) is 0.400. The monoisotopic (exact) mass is 213 g/mol. The van der Waals surface area contributed by atoms with Gasteiger partial charge >= 0.3 is 12.1 Å². The molecule has 1 amide bonds. The van der Waals surface area contributed by atoms with E-state index in [2.05, 4.69) is 23.2 Å². The molecule has 0 aliphatic heterocycles. The number of ether oxygens (including phenoxy) is 1. The molecule has 15 heavy (non-hydrogen) atoms. The number of nitrogens with one attached hydrogen (secondary N) is 1. The van der Waals surface area contributed by atoms with E-state index in [1.165, 1.54) is 6.08 Å². The van der Waals surface area contributed by atoms with Crippen LogP contribution in [0.3, 0.4) is 0 Å². The van der Waals surface area contributed by atoms with Crippen molar-refractivity contribution in [3.05, 3.63) is 24.8 Å². The molecule has 0 saturated heterocycles. The average molecular weight is 213 g/mol. The Morgan fingerprint density at radius 3 is 2.67 bits per heavy atom. The lowest BCUT2D eigenvalue weighted by Gasteiger charge is -2.13. The van der Waals surface area contributed by atoms with Crippen LogP contribution < -0.4 is 5.32 Å². The molecule has 0 aliphatic carbocycles. The number of amides is 1. The summed E-state index contributed by atoms with van der Waals surface area (Å²) in [4.78, 5) is 21.4. The van der Waals surface area contributed by atoms with Crippen LogP contribution in [0.15, 0.2) is 24.8 Å². The first-order valence-electron chi connectivity index (χ1n) is 4.42. The molecule has 0 bridgehead atoms. The van der Waals surface area contributed by atoms with Crippen LogP contribution >= 0.6 is 0 Å². The molecule has 0 radical (unpaired) electrons. The largest absolute Gasteiger partial charge is 0.478 e. The summed E-state index contributed by atoms with van der Waals surface area (Å²) < 4.78 is 4.66. The van der Waals surface area contributed by atoms with Gasteiger partial charge in [0.05, 0.1) is 0 Å². The molecule has 0 rings (SSSR count). The zero-order valence-corrected chi connectivity index (χ0v) is 8.66. The first kappa shape index (κ1) is 13.2. The molecule has 0 heterocycles. The number of hydrogen-bond acceptors (Lipinski definition) is 3. The number of carbonyl (C=O) groups is 2. The lowest BCUT2D eigenvalue weighted by molar-refractivity contribution is -0.132. The fourth-order valence-corrected chi connectivity index (χ4v) is 0.885. The molecular weight excluding hydrogens is 198 g/mol. The molecule has 1 atom stereocenters. The minimum absolute atomic E-state index is 0.0477. The van der Waals surface area contributed by atoms with Gasteiger partial charge in [-0.1, -0.05) is 19.2 Å². The van der Waals surface area contributed by atoms with Crippen LogP contribution in [0.5, 0.6) is 0 Å². The van der Waals surface area contributed by atoms with Crippen LogP contribution in [0, 0.1) is 0 Å². The lowest BCUT2D eigenvalue weighted by atomic mass is 10.1. The van der Waals surface area contributed by atoms with Crippen LogP contribution in [0.2, 0.25) is 0 Å². The number of carboxylic acid groups (broad SMARTS) is 1. The van der Waals surface area contributed by atoms with Crippen LogP contribution in [-0.4, -0.2) is 29.8 Å². The van der Waals surface area contributed by atoms with Gasteiger partial charge in [0.25, 0.3) is 0 Å². The second-order valence-electron chi connectivity index (χ2n) is 3.05.